The van der Waals surface area contributed by atoms with Gasteiger partial charge in [-0.05, 0) is 41.7 Å². The second kappa shape index (κ2) is 3.33. The normalized spacial score (nSPS) is 33.8. The largest absolute Gasteiger partial charge is 0.326 e. The monoisotopic (exact) mass is 208 g/mol. The molecule has 0 bridgehead atoms. The van der Waals surface area contributed by atoms with Crippen molar-refractivity contribution in [2.24, 2.45) is 5.73 Å². The summed E-state index contributed by atoms with van der Waals surface area (Å²) in [6.07, 6.45) is 3.93. The minimum Gasteiger partial charge on any atom is -0.326 e. The van der Waals surface area contributed by atoms with Crippen molar-refractivity contribution in [2.75, 3.05) is 6.54 Å². The second-order valence-electron chi connectivity index (χ2n) is 4.42. The molecule has 1 aliphatic carbocycles. The number of thiophene rings is 1. The summed E-state index contributed by atoms with van der Waals surface area (Å²) in [5.74, 6) is 0. The van der Waals surface area contributed by atoms with Gasteiger partial charge in [-0.1, -0.05) is 0 Å². The Kier molecular flexibility index (Phi) is 2.11. The zero-order valence-electron chi connectivity index (χ0n) is 8.23. The molecule has 2 nitrogen and oxygen atoms in total. The third-order valence-corrected chi connectivity index (χ3v) is 4.09. The van der Waals surface area contributed by atoms with Crippen molar-refractivity contribution in [3.05, 3.63) is 22.4 Å². The van der Waals surface area contributed by atoms with Crippen LogP contribution in [-0.4, -0.2) is 23.5 Å². The number of nitrogens with zero attached hydrogens (tertiary/aromatic N) is 1. The highest BCUT2D eigenvalue weighted by molar-refractivity contribution is 7.07. The Balaban J connectivity index is 1.86. The molecule has 3 rings (SSSR count). The van der Waals surface area contributed by atoms with Crippen LogP contribution in [0.15, 0.2) is 16.8 Å². The van der Waals surface area contributed by atoms with Crippen molar-refractivity contribution >= 4 is 11.3 Å². The van der Waals surface area contributed by atoms with E-state index in [1.807, 2.05) is 0 Å². The highest BCUT2D eigenvalue weighted by Crippen LogP contribution is 2.40. The van der Waals surface area contributed by atoms with Crippen molar-refractivity contribution in [3.63, 3.8) is 0 Å². The Morgan fingerprint density at radius 3 is 2.86 bits per heavy atom. The third kappa shape index (κ3) is 1.40. The summed E-state index contributed by atoms with van der Waals surface area (Å²) in [7, 11) is 0. The van der Waals surface area contributed by atoms with E-state index in [4.69, 9.17) is 5.73 Å². The van der Waals surface area contributed by atoms with Crippen molar-refractivity contribution in [2.45, 2.75) is 37.4 Å². The van der Waals surface area contributed by atoms with Crippen LogP contribution in [0.25, 0.3) is 0 Å². The number of nitrogens with two attached hydrogens (primary N) is 1. The van der Waals surface area contributed by atoms with Gasteiger partial charge < -0.3 is 5.73 Å². The molecular formula is C11H16N2S. The summed E-state index contributed by atoms with van der Waals surface area (Å²) in [4.78, 5) is 2.62. The van der Waals surface area contributed by atoms with E-state index >= 15 is 0 Å². The minimum atomic E-state index is 0.352. The minimum absolute atomic E-state index is 0.352. The molecule has 1 aromatic rings. The lowest BCUT2D eigenvalue weighted by Crippen LogP contribution is -2.32. The fourth-order valence-electron chi connectivity index (χ4n) is 2.54. The van der Waals surface area contributed by atoms with Crippen LogP contribution in [0.4, 0.5) is 0 Å². The zero-order valence-corrected chi connectivity index (χ0v) is 9.04. The van der Waals surface area contributed by atoms with Crippen LogP contribution >= 0.6 is 11.3 Å². The fraction of sp³-hybridized carbons (Fsp3) is 0.636. The van der Waals surface area contributed by atoms with Crippen molar-refractivity contribution < 1.29 is 0 Å². The van der Waals surface area contributed by atoms with Gasteiger partial charge in [0.2, 0.25) is 0 Å². The first-order valence-electron chi connectivity index (χ1n) is 5.39. The molecule has 14 heavy (non-hydrogen) atoms. The lowest BCUT2D eigenvalue weighted by Gasteiger charge is -2.25. The molecule has 2 unspecified atom stereocenters. The summed E-state index contributed by atoms with van der Waals surface area (Å²) < 4.78 is 0. The summed E-state index contributed by atoms with van der Waals surface area (Å²) >= 11 is 1.78. The van der Waals surface area contributed by atoms with E-state index in [1.54, 1.807) is 11.3 Å². The Bertz CT molecular complexity index is 305. The van der Waals surface area contributed by atoms with Gasteiger partial charge in [0.15, 0.2) is 0 Å². The van der Waals surface area contributed by atoms with Gasteiger partial charge in [0.1, 0.15) is 0 Å². The molecule has 2 N–H and O–H groups in total. The Morgan fingerprint density at radius 2 is 2.21 bits per heavy atom. The molecule has 1 aliphatic heterocycles. The predicted octanol–water partition coefficient (Wildman–Crippen LogP) is 1.98. The van der Waals surface area contributed by atoms with Gasteiger partial charge in [0, 0.05) is 18.6 Å². The number of likely N-dealkylation sites (tertiary alicyclic amines) is 1. The smallest absolute Gasteiger partial charge is 0.0510 e. The number of hydrogen-bond acceptors (Lipinski definition) is 3. The molecule has 2 aliphatic rings. The van der Waals surface area contributed by atoms with E-state index < -0.39 is 0 Å². The average Bonchev–Trinajstić information content (AvgIpc) is 2.75. The average molecular weight is 208 g/mol. The Morgan fingerprint density at radius 1 is 1.36 bits per heavy atom. The quantitative estimate of drug-likeness (QED) is 0.805. The van der Waals surface area contributed by atoms with Crippen LogP contribution < -0.4 is 5.73 Å². The molecule has 0 radical (unpaired) electrons. The number of hydrogen-bond donors (Lipinski definition) is 1. The van der Waals surface area contributed by atoms with Crippen molar-refractivity contribution in [1.82, 2.24) is 4.90 Å². The van der Waals surface area contributed by atoms with Gasteiger partial charge in [0.05, 0.1) is 6.04 Å². The first kappa shape index (κ1) is 8.89. The molecule has 1 saturated carbocycles. The van der Waals surface area contributed by atoms with Gasteiger partial charge in [-0.3, -0.25) is 4.90 Å². The topological polar surface area (TPSA) is 29.3 Å². The molecule has 2 heterocycles. The highest BCUT2D eigenvalue weighted by Gasteiger charge is 2.41. The van der Waals surface area contributed by atoms with Crippen LogP contribution in [0.5, 0.6) is 0 Å². The third-order valence-electron chi connectivity index (χ3n) is 3.38. The standard InChI is InChI=1S/C11H16N2S/c12-10-3-5-13(9-1-2-9)11(10)8-4-6-14-7-8/h4,6-7,9-11H,1-3,5,12H2. The second-order valence-corrected chi connectivity index (χ2v) is 5.20. The molecule has 76 valence electrons. The van der Waals surface area contributed by atoms with Crippen molar-refractivity contribution in [1.29, 1.82) is 0 Å². The molecule has 1 saturated heterocycles. The molecule has 1 aromatic heterocycles. The van der Waals surface area contributed by atoms with E-state index in [2.05, 4.69) is 21.7 Å². The predicted molar refractivity (Wildman–Crippen MR) is 59.4 cm³/mol. The SMILES string of the molecule is NC1CCN(C2CC2)C1c1ccsc1. The molecular weight excluding hydrogens is 192 g/mol. The molecule has 2 fully saturated rings. The first-order valence-corrected chi connectivity index (χ1v) is 6.34. The van der Waals surface area contributed by atoms with Crippen LogP contribution in [-0.2, 0) is 0 Å². The summed E-state index contributed by atoms with van der Waals surface area (Å²) in [6.45, 7) is 1.20. The molecule has 0 amide bonds. The Hall–Kier alpha value is -0.380. The van der Waals surface area contributed by atoms with E-state index in [-0.39, 0.29) is 0 Å². The molecule has 3 heteroatoms. The summed E-state index contributed by atoms with van der Waals surface area (Å²) in [5, 5.41) is 4.41. The van der Waals surface area contributed by atoms with E-state index in [1.165, 1.54) is 24.9 Å². The zero-order chi connectivity index (χ0) is 9.54. The fourth-order valence-corrected chi connectivity index (χ4v) is 3.23. The van der Waals surface area contributed by atoms with Crippen LogP contribution in [0, 0.1) is 0 Å². The first-order chi connectivity index (χ1) is 6.86. The maximum Gasteiger partial charge on any atom is 0.0510 e. The molecule has 2 atom stereocenters. The van der Waals surface area contributed by atoms with Crippen molar-refractivity contribution in [3.8, 4) is 0 Å². The molecule has 0 aromatic carbocycles. The molecule has 0 spiro atoms. The highest BCUT2D eigenvalue weighted by atomic mass is 32.1. The van der Waals surface area contributed by atoms with Crippen LogP contribution in [0.3, 0.4) is 0 Å². The van der Waals surface area contributed by atoms with Gasteiger partial charge in [-0.15, -0.1) is 0 Å². The van der Waals surface area contributed by atoms with Gasteiger partial charge in [0.25, 0.3) is 0 Å². The van der Waals surface area contributed by atoms with Gasteiger partial charge in [-0.2, -0.15) is 11.3 Å². The van der Waals surface area contributed by atoms with Gasteiger partial charge in [-0.25, -0.2) is 0 Å². The summed E-state index contributed by atoms with van der Waals surface area (Å²) in [5.41, 5.74) is 7.63. The van der Waals surface area contributed by atoms with E-state index in [0.29, 0.717) is 12.1 Å². The van der Waals surface area contributed by atoms with Crippen LogP contribution in [0.2, 0.25) is 0 Å². The van der Waals surface area contributed by atoms with Gasteiger partial charge >= 0.3 is 0 Å². The lowest BCUT2D eigenvalue weighted by molar-refractivity contribution is 0.238. The summed E-state index contributed by atoms with van der Waals surface area (Å²) in [6, 6.07) is 3.93. The lowest BCUT2D eigenvalue weighted by atomic mass is 10.0. The Labute approximate surface area is 88.7 Å². The maximum atomic E-state index is 6.19. The van der Waals surface area contributed by atoms with E-state index in [9.17, 15) is 0 Å². The van der Waals surface area contributed by atoms with Crippen LogP contribution in [0.1, 0.15) is 30.9 Å². The maximum absolute atomic E-state index is 6.19. The van der Waals surface area contributed by atoms with E-state index in [0.717, 1.165) is 12.5 Å². The number of rotatable bonds is 2.